The van der Waals surface area contributed by atoms with Gasteiger partial charge >= 0.3 is 0 Å². The van der Waals surface area contributed by atoms with Crippen LogP contribution in [0.15, 0.2) is 24.3 Å². The van der Waals surface area contributed by atoms with Crippen LogP contribution in [0.4, 0.5) is 0 Å². The highest BCUT2D eigenvalue weighted by molar-refractivity contribution is 6.30. The molecule has 0 amide bonds. The Kier molecular flexibility index (Phi) is 5.48. The first-order valence-electron chi connectivity index (χ1n) is 9.26. The molecule has 0 aromatic heterocycles. The largest absolute Gasteiger partial charge is 0.385 e. The first-order chi connectivity index (χ1) is 12.2. The lowest BCUT2D eigenvalue weighted by Crippen LogP contribution is -2.66. The van der Waals surface area contributed by atoms with E-state index in [0.717, 1.165) is 11.8 Å². The highest BCUT2D eigenvalue weighted by Crippen LogP contribution is 2.47. The number of aldehydes is 1. The fourth-order valence-corrected chi connectivity index (χ4v) is 4.62. The highest BCUT2D eigenvalue weighted by Gasteiger charge is 2.52. The van der Waals surface area contributed by atoms with Gasteiger partial charge in [0.05, 0.1) is 11.6 Å². The summed E-state index contributed by atoms with van der Waals surface area (Å²) in [6, 6.07) is 7.03. The summed E-state index contributed by atoms with van der Waals surface area (Å²) in [5.74, 6) is 0. The van der Waals surface area contributed by atoms with Crippen LogP contribution in [-0.4, -0.2) is 54.2 Å². The second-order valence-electron chi connectivity index (χ2n) is 8.40. The molecule has 26 heavy (non-hydrogen) atoms. The van der Waals surface area contributed by atoms with Crippen LogP contribution in [0, 0.1) is 5.41 Å². The summed E-state index contributed by atoms with van der Waals surface area (Å²) in [7, 11) is 0. The quantitative estimate of drug-likeness (QED) is 0.784. The van der Waals surface area contributed by atoms with Crippen molar-refractivity contribution in [1.82, 2.24) is 4.90 Å². The Balaban J connectivity index is 1.83. The molecular formula is C20H29ClN2O3. The number of carbonyl (C=O) groups is 1. The topological polar surface area (TPSA) is 75.8 Å². The molecular weight excluding hydrogens is 352 g/mol. The van der Waals surface area contributed by atoms with E-state index in [2.05, 4.69) is 4.90 Å². The molecule has 144 valence electrons. The molecule has 2 fully saturated rings. The normalized spacial score (nSPS) is 29.9. The van der Waals surface area contributed by atoms with E-state index in [-0.39, 0.29) is 6.04 Å². The molecule has 0 spiro atoms. The number of nitrogens with two attached hydrogens (primary N) is 1. The lowest BCUT2D eigenvalue weighted by Gasteiger charge is -2.54. The van der Waals surface area contributed by atoms with Gasteiger partial charge in [-0.1, -0.05) is 37.6 Å². The summed E-state index contributed by atoms with van der Waals surface area (Å²) in [6.45, 7) is 6.48. The molecule has 1 unspecified atom stereocenters. The Labute approximate surface area is 160 Å². The zero-order chi connectivity index (χ0) is 19.0. The molecule has 3 rings (SSSR count). The first kappa shape index (κ1) is 19.8. The molecule has 2 atom stereocenters. The predicted octanol–water partition coefficient (Wildman–Crippen LogP) is 2.33. The average molecular weight is 381 g/mol. The minimum atomic E-state index is -0.973. The van der Waals surface area contributed by atoms with Gasteiger partial charge in [-0.15, -0.1) is 0 Å². The van der Waals surface area contributed by atoms with E-state index in [1.54, 1.807) is 0 Å². The maximum Gasteiger partial charge on any atom is 0.139 e. The van der Waals surface area contributed by atoms with Crippen LogP contribution >= 0.6 is 11.6 Å². The Hall–Kier alpha value is -0.980. The van der Waals surface area contributed by atoms with Crippen molar-refractivity contribution in [1.29, 1.82) is 0 Å². The van der Waals surface area contributed by atoms with Gasteiger partial charge < -0.3 is 20.4 Å². The van der Waals surface area contributed by atoms with Crippen molar-refractivity contribution >= 4 is 17.9 Å². The number of hydrogen-bond acceptors (Lipinski definition) is 5. The number of halogens is 1. The Morgan fingerprint density at radius 2 is 1.85 bits per heavy atom. The lowest BCUT2D eigenvalue weighted by molar-refractivity contribution is -0.146. The number of likely N-dealkylation sites (tertiary alicyclic amines) is 1. The summed E-state index contributed by atoms with van der Waals surface area (Å²) in [4.78, 5) is 14.1. The number of piperidine rings is 1. The minimum absolute atomic E-state index is 0.361. The predicted molar refractivity (Wildman–Crippen MR) is 102 cm³/mol. The molecule has 3 N–H and O–H groups in total. The van der Waals surface area contributed by atoms with Gasteiger partial charge in [-0.3, -0.25) is 4.90 Å². The van der Waals surface area contributed by atoms with Gasteiger partial charge in [-0.2, -0.15) is 0 Å². The Morgan fingerprint density at radius 1 is 1.23 bits per heavy atom. The fourth-order valence-electron chi connectivity index (χ4n) is 4.49. The van der Waals surface area contributed by atoms with E-state index in [1.165, 1.54) is 0 Å². The van der Waals surface area contributed by atoms with Gasteiger partial charge in [0, 0.05) is 42.3 Å². The number of hydrogen-bond donors (Lipinski definition) is 2. The van der Waals surface area contributed by atoms with Crippen molar-refractivity contribution in [2.24, 2.45) is 11.1 Å². The lowest BCUT2D eigenvalue weighted by atomic mass is 9.65. The van der Waals surface area contributed by atoms with E-state index in [0.29, 0.717) is 50.6 Å². The minimum Gasteiger partial charge on any atom is -0.385 e. The van der Waals surface area contributed by atoms with Crippen molar-refractivity contribution in [2.45, 2.75) is 50.3 Å². The number of carbonyl (C=O) groups excluding carboxylic acids is 1. The smallest absolute Gasteiger partial charge is 0.139 e. The summed E-state index contributed by atoms with van der Waals surface area (Å²) in [5.41, 5.74) is 5.48. The van der Waals surface area contributed by atoms with Crippen molar-refractivity contribution in [3.05, 3.63) is 34.9 Å². The van der Waals surface area contributed by atoms with Crippen molar-refractivity contribution in [3.63, 3.8) is 0 Å². The SMILES string of the molecule is CC1(C)CN([C@H](C=O)C2(N)CCOCC2)CCC1(O)c1ccc(Cl)cc1. The molecule has 0 aliphatic carbocycles. The Morgan fingerprint density at radius 3 is 2.38 bits per heavy atom. The molecule has 5 nitrogen and oxygen atoms in total. The van der Waals surface area contributed by atoms with Crippen LogP contribution in [0.5, 0.6) is 0 Å². The molecule has 0 bridgehead atoms. The third-order valence-electron chi connectivity index (χ3n) is 6.34. The van der Waals surface area contributed by atoms with Crippen LogP contribution < -0.4 is 5.73 Å². The second kappa shape index (κ2) is 7.21. The van der Waals surface area contributed by atoms with Gasteiger partial charge in [0.25, 0.3) is 0 Å². The molecule has 2 aliphatic heterocycles. The molecule has 1 aromatic rings. The van der Waals surface area contributed by atoms with E-state index < -0.39 is 16.6 Å². The maximum atomic E-state index is 11.9. The van der Waals surface area contributed by atoms with Crippen molar-refractivity contribution < 1.29 is 14.6 Å². The summed E-state index contributed by atoms with van der Waals surface area (Å²) >= 11 is 6.00. The number of benzene rings is 1. The summed E-state index contributed by atoms with van der Waals surface area (Å²) in [6.07, 6.45) is 2.87. The maximum absolute atomic E-state index is 11.9. The van der Waals surface area contributed by atoms with Gasteiger partial charge in [-0.05, 0) is 37.0 Å². The summed E-state index contributed by atoms with van der Waals surface area (Å²) in [5, 5.41) is 12.1. The highest BCUT2D eigenvalue weighted by atomic mass is 35.5. The molecule has 0 radical (unpaired) electrons. The van der Waals surface area contributed by atoms with Crippen LogP contribution in [0.1, 0.15) is 38.7 Å². The molecule has 0 saturated carbocycles. The van der Waals surface area contributed by atoms with E-state index in [9.17, 15) is 9.90 Å². The second-order valence-corrected chi connectivity index (χ2v) is 8.83. The zero-order valence-corrected chi connectivity index (χ0v) is 16.3. The molecule has 6 heteroatoms. The van der Waals surface area contributed by atoms with Crippen molar-refractivity contribution in [3.8, 4) is 0 Å². The van der Waals surface area contributed by atoms with Crippen molar-refractivity contribution in [2.75, 3.05) is 26.3 Å². The number of aliphatic hydroxyl groups is 1. The third kappa shape index (κ3) is 3.43. The van der Waals surface area contributed by atoms with Crippen LogP contribution in [-0.2, 0) is 15.1 Å². The van der Waals surface area contributed by atoms with E-state index in [4.69, 9.17) is 22.1 Å². The van der Waals surface area contributed by atoms with E-state index in [1.807, 2.05) is 38.1 Å². The zero-order valence-electron chi connectivity index (χ0n) is 15.6. The van der Waals surface area contributed by atoms with Gasteiger partial charge in [0.15, 0.2) is 0 Å². The van der Waals surface area contributed by atoms with Gasteiger partial charge in [0.1, 0.15) is 6.29 Å². The van der Waals surface area contributed by atoms with Crippen LogP contribution in [0.25, 0.3) is 0 Å². The standard InChI is InChI=1S/C20H29ClN2O3/c1-18(2)14-23(17(13-24)19(22)8-11-26-12-9-19)10-7-20(18,25)15-3-5-16(21)6-4-15/h3-6,13,17,25H,7-12,14,22H2,1-2H3/t17-,20?/m1/s1. The number of nitrogens with zero attached hydrogens (tertiary/aromatic N) is 1. The third-order valence-corrected chi connectivity index (χ3v) is 6.59. The number of rotatable bonds is 4. The molecule has 1 aromatic carbocycles. The molecule has 2 aliphatic rings. The average Bonchev–Trinajstić information content (AvgIpc) is 2.59. The fraction of sp³-hybridized carbons (Fsp3) is 0.650. The first-order valence-corrected chi connectivity index (χ1v) is 9.64. The monoisotopic (exact) mass is 380 g/mol. The summed E-state index contributed by atoms with van der Waals surface area (Å²) < 4.78 is 5.42. The van der Waals surface area contributed by atoms with Gasteiger partial charge in [0.2, 0.25) is 0 Å². The van der Waals surface area contributed by atoms with Crippen LogP contribution in [0.2, 0.25) is 5.02 Å². The molecule has 2 heterocycles. The number of ether oxygens (including phenoxy) is 1. The van der Waals surface area contributed by atoms with E-state index >= 15 is 0 Å². The van der Waals surface area contributed by atoms with Gasteiger partial charge in [-0.25, -0.2) is 0 Å². The van der Waals surface area contributed by atoms with Crippen LogP contribution in [0.3, 0.4) is 0 Å². The Bertz CT molecular complexity index is 643. The molecule has 2 saturated heterocycles.